The van der Waals surface area contributed by atoms with Crippen LogP contribution < -0.4 is 19.5 Å². The fraction of sp³-hybridized carbons (Fsp3) is 0.450. The zero-order chi connectivity index (χ0) is 17.6. The third-order valence-electron chi connectivity index (χ3n) is 4.67. The summed E-state index contributed by atoms with van der Waals surface area (Å²) in [6, 6.07) is 12.3. The maximum atomic E-state index is 10.3. The lowest BCUT2D eigenvalue weighted by Crippen LogP contribution is -3.16. The molecule has 1 aromatic carbocycles. The van der Waals surface area contributed by atoms with E-state index in [0.717, 1.165) is 38.5 Å². The van der Waals surface area contributed by atoms with Gasteiger partial charge in [0.25, 0.3) is 5.82 Å². The van der Waals surface area contributed by atoms with Crippen LogP contribution in [0.3, 0.4) is 0 Å². The number of nitrogens with one attached hydrogen (secondary N) is 2. The quantitative estimate of drug-likeness (QED) is 0.791. The number of hydrogen-bond donors (Lipinski definition) is 2. The fourth-order valence-corrected chi connectivity index (χ4v) is 3.45. The second-order valence-electron chi connectivity index (χ2n) is 6.98. The van der Waals surface area contributed by atoms with Gasteiger partial charge in [0, 0.05) is 6.07 Å². The van der Waals surface area contributed by atoms with Crippen molar-refractivity contribution in [1.29, 1.82) is 0 Å². The summed E-state index contributed by atoms with van der Waals surface area (Å²) in [7, 11) is 0. The number of hydrogen-bond acceptors (Lipinski definition) is 3. The van der Waals surface area contributed by atoms with Gasteiger partial charge in [-0.3, -0.25) is 4.90 Å². The molecule has 0 radical (unpaired) electrons. The number of aromatic nitrogens is 1. The van der Waals surface area contributed by atoms with Gasteiger partial charge in [0.05, 0.1) is 6.20 Å². The second-order valence-corrected chi connectivity index (χ2v) is 6.98. The molecule has 1 aliphatic rings. The van der Waals surface area contributed by atoms with E-state index in [-0.39, 0.29) is 0 Å². The van der Waals surface area contributed by atoms with E-state index in [1.54, 1.807) is 0 Å². The van der Waals surface area contributed by atoms with Crippen molar-refractivity contribution in [2.45, 2.75) is 20.0 Å². The van der Waals surface area contributed by atoms with E-state index in [2.05, 4.69) is 41.9 Å². The third kappa shape index (κ3) is 5.18. The predicted molar refractivity (Wildman–Crippen MR) is 98.2 cm³/mol. The maximum absolute atomic E-state index is 10.3. The number of ether oxygens (including phenoxy) is 1. The van der Waals surface area contributed by atoms with Crippen LogP contribution in [0.1, 0.15) is 11.1 Å². The minimum absolute atomic E-state index is 0.350. The Morgan fingerprint density at radius 3 is 2.52 bits per heavy atom. The van der Waals surface area contributed by atoms with Gasteiger partial charge in [-0.1, -0.05) is 12.1 Å². The van der Waals surface area contributed by atoms with Crippen molar-refractivity contribution in [2.75, 3.05) is 44.2 Å². The first kappa shape index (κ1) is 17.7. The van der Waals surface area contributed by atoms with Crippen LogP contribution in [0.5, 0.6) is 5.75 Å². The lowest BCUT2D eigenvalue weighted by atomic mass is 10.1. The first-order valence-electron chi connectivity index (χ1n) is 9.04. The van der Waals surface area contributed by atoms with E-state index in [1.165, 1.54) is 21.8 Å². The van der Waals surface area contributed by atoms with Gasteiger partial charge >= 0.3 is 0 Å². The van der Waals surface area contributed by atoms with Crippen LogP contribution in [-0.4, -0.2) is 50.5 Å². The van der Waals surface area contributed by atoms with E-state index in [4.69, 9.17) is 4.74 Å². The van der Waals surface area contributed by atoms with Crippen LogP contribution in [0.15, 0.2) is 42.6 Å². The van der Waals surface area contributed by atoms with Gasteiger partial charge in [0.15, 0.2) is 0 Å². The molecule has 1 aromatic heterocycles. The highest BCUT2D eigenvalue weighted by Crippen LogP contribution is 2.16. The van der Waals surface area contributed by atoms with E-state index in [0.29, 0.717) is 6.61 Å². The Bertz CT molecular complexity index is 650. The smallest absolute Gasteiger partial charge is 0.274 e. The topological polar surface area (TPSA) is 51.3 Å². The van der Waals surface area contributed by atoms with Crippen LogP contribution in [0.4, 0.5) is 5.82 Å². The fourth-order valence-electron chi connectivity index (χ4n) is 3.45. The normalized spacial score (nSPS) is 16.7. The number of piperazine rings is 1. The van der Waals surface area contributed by atoms with Crippen LogP contribution in [0, 0.1) is 13.8 Å². The standard InChI is InChI=1S/C20H27N3O2/c1-16-11-17(2)13-19(12-16)25-15-18(24)14-22-7-9-23(10-8-22)20-5-3-4-6-21-20/h3-6,11-13,18,24H,7-10,14-15H2,1-2H3/p+2/t18-/m1/s1. The number of anilines is 1. The Morgan fingerprint density at radius 2 is 1.88 bits per heavy atom. The zero-order valence-corrected chi connectivity index (χ0v) is 15.2. The van der Waals surface area contributed by atoms with Gasteiger partial charge in [0.2, 0.25) is 0 Å². The molecule has 0 spiro atoms. The van der Waals surface area contributed by atoms with Crippen LogP contribution >= 0.6 is 0 Å². The molecule has 0 bridgehead atoms. The first-order chi connectivity index (χ1) is 12.1. The van der Waals surface area contributed by atoms with E-state index >= 15 is 0 Å². The molecule has 0 aliphatic carbocycles. The SMILES string of the molecule is Cc1cc(C)cc(OC[C@H](O)C[NH+]2CCN(c3cccc[nH+]3)CC2)c1. The van der Waals surface area contributed by atoms with E-state index in [9.17, 15) is 5.11 Å². The molecule has 5 heteroatoms. The number of nitrogens with zero attached hydrogens (tertiary/aromatic N) is 1. The Hall–Kier alpha value is -2.11. The molecule has 3 rings (SSSR count). The first-order valence-corrected chi connectivity index (χ1v) is 9.04. The summed E-state index contributed by atoms with van der Waals surface area (Å²) in [5.74, 6) is 2.01. The summed E-state index contributed by atoms with van der Waals surface area (Å²) in [6.45, 7) is 9.27. The largest absolute Gasteiger partial charge is 0.491 e. The zero-order valence-electron chi connectivity index (χ0n) is 15.2. The van der Waals surface area contributed by atoms with Crippen LogP contribution in [0.2, 0.25) is 0 Å². The van der Waals surface area contributed by atoms with Gasteiger partial charge in [-0.2, -0.15) is 0 Å². The molecule has 3 N–H and O–H groups in total. The van der Waals surface area contributed by atoms with Crippen molar-refractivity contribution >= 4 is 5.82 Å². The van der Waals surface area contributed by atoms with Gasteiger partial charge in [-0.15, -0.1) is 0 Å². The van der Waals surface area contributed by atoms with Crippen molar-refractivity contribution in [3.8, 4) is 5.75 Å². The number of rotatable bonds is 6. The minimum atomic E-state index is -0.439. The molecular weight excluding hydrogens is 314 g/mol. The van der Waals surface area contributed by atoms with Gasteiger partial charge in [-0.25, -0.2) is 4.98 Å². The molecule has 134 valence electrons. The minimum Gasteiger partial charge on any atom is -0.491 e. The summed E-state index contributed by atoms with van der Waals surface area (Å²) in [6.07, 6.45) is 1.52. The predicted octanol–water partition coefficient (Wildman–Crippen LogP) is 0.262. The molecule has 1 atom stereocenters. The van der Waals surface area contributed by atoms with Crippen molar-refractivity contribution in [1.82, 2.24) is 0 Å². The lowest BCUT2D eigenvalue weighted by molar-refractivity contribution is -0.903. The van der Waals surface area contributed by atoms with Crippen molar-refractivity contribution in [3.05, 3.63) is 53.7 Å². The average Bonchev–Trinajstić information content (AvgIpc) is 2.61. The summed E-state index contributed by atoms with van der Waals surface area (Å²) in [4.78, 5) is 7.09. The monoisotopic (exact) mass is 343 g/mol. The maximum Gasteiger partial charge on any atom is 0.274 e. The number of aliphatic hydroxyl groups is 1. The van der Waals surface area contributed by atoms with Crippen molar-refractivity contribution in [3.63, 3.8) is 0 Å². The Balaban J connectivity index is 1.42. The van der Waals surface area contributed by atoms with Crippen LogP contribution in [0.25, 0.3) is 0 Å². The summed E-state index contributed by atoms with van der Waals surface area (Å²) in [5.41, 5.74) is 2.37. The number of aryl methyl sites for hydroxylation is 2. The molecule has 5 nitrogen and oxygen atoms in total. The van der Waals surface area contributed by atoms with Crippen molar-refractivity contribution in [2.24, 2.45) is 0 Å². The van der Waals surface area contributed by atoms with E-state index in [1.807, 2.05) is 24.4 Å². The molecule has 1 saturated heterocycles. The number of quaternary nitrogens is 1. The van der Waals surface area contributed by atoms with Crippen molar-refractivity contribution < 1.29 is 19.7 Å². The molecular formula is C20H29N3O2+2. The molecule has 2 aromatic rings. The second kappa shape index (κ2) is 8.32. The third-order valence-corrected chi connectivity index (χ3v) is 4.67. The number of pyridine rings is 1. The molecule has 0 unspecified atom stereocenters. The van der Waals surface area contributed by atoms with Gasteiger partial charge in [0.1, 0.15) is 51.2 Å². The Kier molecular flexibility index (Phi) is 5.89. The average molecular weight is 343 g/mol. The molecule has 1 aliphatic heterocycles. The number of H-pyrrole nitrogens is 1. The van der Waals surface area contributed by atoms with Gasteiger partial charge < -0.3 is 14.7 Å². The number of aliphatic hydroxyl groups excluding tert-OH is 1. The highest BCUT2D eigenvalue weighted by Gasteiger charge is 2.27. The molecule has 1 fully saturated rings. The van der Waals surface area contributed by atoms with E-state index < -0.39 is 6.10 Å². The summed E-state index contributed by atoms with van der Waals surface area (Å²) >= 11 is 0. The Labute approximate surface area is 149 Å². The summed E-state index contributed by atoms with van der Waals surface area (Å²) < 4.78 is 5.78. The molecule has 0 saturated carbocycles. The number of benzene rings is 1. The molecule has 0 amide bonds. The Morgan fingerprint density at radius 1 is 1.16 bits per heavy atom. The molecule has 2 heterocycles. The highest BCUT2D eigenvalue weighted by molar-refractivity contribution is 5.33. The lowest BCUT2D eigenvalue weighted by Gasteiger charge is -2.29. The highest BCUT2D eigenvalue weighted by atomic mass is 16.5. The van der Waals surface area contributed by atoms with Gasteiger partial charge in [-0.05, 0) is 43.2 Å². The van der Waals surface area contributed by atoms with Crippen LogP contribution in [-0.2, 0) is 0 Å². The summed E-state index contributed by atoms with van der Waals surface area (Å²) in [5, 5.41) is 10.3. The number of aromatic amines is 1. The molecule has 25 heavy (non-hydrogen) atoms.